The molecule has 1 heterocycles. The molecule has 1 amide bonds. The largest absolute Gasteiger partial charge is 0.444 e. The van der Waals surface area contributed by atoms with Gasteiger partial charge >= 0.3 is 6.09 Å². The molecule has 27 heavy (non-hydrogen) atoms. The summed E-state index contributed by atoms with van der Waals surface area (Å²) in [5, 5.41) is 12.2. The van der Waals surface area contributed by atoms with E-state index in [1.165, 1.54) is 11.8 Å². The van der Waals surface area contributed by atoms with Gasteiger partial charge in [-0.3, -0.25) is 0 Å². The molecule has 0 saturated heterocycles. The first-order valence-corrected chi connectivity index (χ1v) is 10.2. The number of amides is 1. The summed E-state index contributed by atoms with van der Waals surface area (Å²) >= 11 is 7.58. The SMILES string of the molecule is CC[C@H](C)[C@@H](NC(=O)OC(C)(C)C)c1nnc(SCc2ccccc2Cl)o1. The molecule has 0 unspecified atom stereocenters. The summed E-state index contributed by atoms with van der Waals surface area (Å²) < 4.78 is 11.1. The maximum Gasteiger partial charge on any atom is 0.408 e. The van der Waals surface area contributed by atoms with Crippen LogP contribution in [0, 0.1) is 5.92 Å². The Labute approximate surface area is 169 Å². The monoisotopic (exact) mass is 411 g/mol. The van der Waals surface area contributed by atoms with E-state index in [0.717, 1.165) is 12.0 Å². The van der Waals surface area contributed by atoms with Crippen molar-refractivity contribution >= 4 is 29.5 Å². The van der Waals surface area contributed by atoms with Gasteiger partial charge in [-0.25, -0.2) is 4.79 Å². The molecule has 0 bridgehead atoms. The number of hydrogen-bond donors (Lipinski definition) is 1. The standard InChI is InChI=1S/C19H26ClN3O3S/c1-6-12(2)15(21-17(24)26-19(3,4)5)16-22-23-18(25-16)27-11-13-9-7-8-10-14(13)20/h7-10,12,15H,6,11H2,1-5H3,(H,21,24)/t12-,15+/m0/s1. The Hall–Kier alpha value is -1.73. The molecule has 0 radical (unpaired) electrons. The number of thioether (sulfide) groups is 1. The number of hydrogen-bond acceptors (Lipinski definition) is 6. The highest BCUT2D eigenvalue weighted by atomic mass is 35.5. The van der Waals surface area contributed by atoms with Crippen LogP contribution < -0.4 is 5.32 Å². The van der Waals surface area contributed by atoms with E-state index in [9.17, 15) is 4.79 Å². The zero-order valence-corrected chi connectivity index (χ0v) is 17.9. The van der Waals surface area contributed by atoms with Crippen molar-refractivity contribution in [1.82, 2.24) is 15.5 Å². The minimum Gasteiger partial charge on any atom is -0.444 e. The number of aromatic nitrogens is 2. The first-order valence-electron chi connectivity index (χ1n) is 8.88. The Kier molecular flexibility index (Phi) is 7.56. The number of rotatable bonds is 7. The van der Waals surface area contributed by atoms with Gasteiger partial charge in [0.05, 0.1) is 0 Å². The molecule has 8 heteroatoms. The van der Waals surface area contributed by atoms with Crippen LogP contribution in [-0.4, -0.2) is 21.9 Å². The zero-order valence-electron chi connectivity index (χ0n) is 16.3. The van der Waals surface area contributed by atoms with Gasteiger partial charge in [0.25, 0.3) is 5.22 Å². The van der Waals surface area contributed by atoms with Gasteiger partial charge in [0.15, 0.2) is 0 Å². The van der Waals surface area contributed by atoms with E-state index in [1.54, 1.807) is 0 Å². The van der Waals surface area contributed by atoms with Crippen molar-refractivity contribution in [3.05, 3.63) is 40.7 Å². The second kappa shape index (κ2) is 9.46. The van der Waals surface area contributed by atoms with Crippen LogP contribution in [0.2, 0.25) is 5.02 Å². The molecule has 2 rings (SSSR count). The average Bonchev–Trinajstić information content (AvgIpc) is 3.05. The number of nitrogens with zero attached hydrogens (tertiary/aromatic N) is 2. The van der Waals surface area contributed by atoms with Crippen LogP contribution in [0.25, 0.3) is 0 Å². The second-order valence-corrected chi connectivity index (χ2v) is 8.63. The predicted octanol–water partition coefficient (Wildman–Crippen LogP) is 5.63. The number of carbonyl (C=O) groups excluding carboxylic acids is 1. The Balaban J connectivity index is 2.06. The smallest absolute Gasteiger partial charge is 0.408 e. The number of halogens is 1. The summed E-state index contributed by atoms with van der Waals surface area (Å²) in [4.78, 5) is 12.2. The summed E-state index contributed by atoms with van der Waals surface area (Å²) in [6.07, 6.45) is 0.335. The van der Waals surface area contributed by atoms with Gasteiger partial charge in [-0.15, -0.1) is 10.2 Å². The Morgan fingerprint density at radius 2 is 2.04 bits per heavy atom. The summed E-state index contributed by atoms with van der Waals surface area (Å²) in [6.45, 7) is 9.52. The molecular formula is C19H26ClN3O3S. The first-order chi connectivity index (χ1) is 12.7. The van der Waals surface area contributed by atoms with Gasteiger partial charge in [0.2, 0.25) is 5.89 Å². The van der Waals surface area contributed by atoms with Crippen molar-refractivity contribution in [3.8, 4) is 0 Å². The molecule has 2 aromatic rings. The third kappa shape index (κ3) is 6.74. The Morgan fingerprint density at radius 3 is 2.67 bits per heavy atom. The second-order valence-electron chi connectivity index (χ2n) is 7.30. The predicted molar refractivity (Wildman–Crippen MR) is 107 cm³/mol. The van der Waals surface area contributed by atoms with E-state index in [2.05, 4.69) is 15.5 Å². The van der Waals surface area contributed by atoms with Gasteiger partial charge in [-0.2, -0.15) is 0 Å². The van der Waals surface area contributed by atoms with E-state index < -0.39 is 17.7 Å². The van der Waals surface area contributed by atoms with Gasteiger partial charge in [0.1, 0.15) is 11.6 Å². The number of benzene rings is 1. The Bertz CT molecular complexity index is 761. The van der Waals surface area contributed by atoms with Gasteiger partial charge in [-0.1, -0.05) is 61.8 Å². The van der Waals surface area contributed by atoms with Crippen molar-refractivity contribution in [1.29, 1.82) is 0 Å². The number of ether oxygens (including phenoxy) is 1. The molecule has 0 saturated carbocycles. The normalized spacial score (nSPS) is 13.9. The van der Waals surface area contributed by atoms with Crippen molar-refractivity contribution < 1.29 is 13.9 Å². The fourth-order valence-electron chi connectivity index (χ4n) is 2.28. The lowest BCUT2D eigenvalue weighted by Gasteiger charge is -2.24. The third-order valence-electron chi connectivity index (χ3n) is 3.88. The third-order valence-corrected chi connectivity index (χ3v) is 5.12. The Morgan fingerprint density at radius 1 is 1.33 bits per heavy atom. The molecule has 0 aliphatic rings. The summed E-state index contributed by atoms with van der Waals surface area (Å²) in [5.74, 6) is 1.10. The quantitative estimate of drug-likeness (QED) is 0.595. The molecule has 0 spiro atoms. The maximum atomic E-state index is 12.2. The van der Waals surface area contributed by atoms with Crippen molar-refractivity contribution in [3.63, 3.8) is 0 Å². The number of nitrogens with one attached hydrogen (secondary N) is 1. The van der Waals surface area contributed by atoms with Crippen molar-refractivity contribution in [2.75, 3.05) is 0 Å². The fourth-order valence-corrected chi connectivity index (χ4v) is 3.33. The molecule has 0 aliphatic carbocycles. The lowest BCUT2D eigenvalue weighted by molar-refractivity contribution is 0.0474. The highest BCUT2D eigenvalue weighted by Crippen LogP contribution is 2.29. The molecule has 0 fully saturated rings. The van der Waals surface area contributed by atoms with Crippen LogP contribution in [0.4, 0.5) is 4.79 Å². The summed E-state index contributed by atoms with van der Waals surface area (Å²) in [5.41, 5.74) is 0.420. The molecule has 0 aliphatic heterocycles. The summed E-state index contributed by atoms with van der Waals surface area (Å²) in [6, 6.07) is 7.22. The highest BCUT2D eigenvalue weighted by Gasteiger charge is 2.28. The van der Waals surface area contributed by atoms with E-state index in [4.69, 9.17) is 20.8 Å². The average molecular weight is 412 g/mol. The van der Waals surface area contributed by atoms with Crippen molar-refractivity contribution in [2.45, 2.75) is 63.7 Å². The van der Waals surface area contributed by atoms with Gasteiger partial charge in [-0.05, 0) is 38.3 Å². The topological polar surface area (TPSA) is 77.2 Å². The highest BCUT2D eigenvalue weighted by molar-refractivity contribution is 7.98. The first kappa shape index (κ1) is 21.6. The molecule has 1 N–H and O–H groups in total. The van der Waals surface area contributed by atoms with Gasteiger partial charge in [0, 0.05) is 10.8 Å². The molecular weight excluding hydrogens is 386 g/mol. The van der Waals surface area contributed by atoms with E-state index in [0.29, 0.717) is 21.9 Å². The van der Waals surface area contributed by atoms with E-state index in [1.807, 2.05) is 58.9 Å². The minimum atomic E-state index is -0.575. The molecule has 2 atom stereocenters. The lowest BCUT2D eigenvalue weighted by atomic mass is 9.99. The van der Waals surface area contributed by atoms with E-state index >= 15 is 0 Å². The summed E-state index contributed by atoms with van der Waals surface area (Å²) in [7, 11) is 0. The minimum absolute atomic E-state index is 0.111. The van der Waals surface area contributed by atoms with Crippen LogP contribution in [0.5, 0.6) is 0 Å². The molecule has 1 aromatic carbocycles. The molecule has 6 nitrogen and oxygen atoms in total. The van der Waals surface area contributed by atoms with E-state index in [-0.39, 0.29) is 5.92 Å². The van der Waals surface area contributed by atoms with Crippen LogP contribution in [0.1, 0.15) is 58.5 Å². The zero-order chi connectivity index (χ0) is 20.0. The lowest BCUT2D eigenvalue weighted by Crippen LogP contribution is -2.37. The van der Waals surface area contributed by atoms with Crippen LogP contribution in [0.3, 0.4) is 0 Å². The number of carbonyl (C=O) groups is 1. The molecule has 148 valence electrons. The molecule has 1 aromatic heterocycles. The maximum absolute atomic E-state index is 12.2. The van der Waals surface area contributed by atoms with Crippen LogP contribution in [-0.2, 0) is 10.5 Å². The van der Waals surface area contributed by atoms with Crippen LogP contribution >= 0.6 is 23.4 Å². The van der Waals surface area contributed by atoms with Gasteiger partial charge < -0.3 is 14.5 Å². The van der Waals surface area contributed by atoms with Crippen molar-refractivity contribution in [2.24, 2.45) is 5.92 Å². The fraction of sp³-hybridized carbons (Fsp3) is 0.526. The van der Waals surface area contributed by atoms with Crippen LogP contribution in [0.15, 0.2) is 33.9 Å². The number of alkyl carbamates (subject to hydrolysis) is 1.